The number of likely N-dealkylation sites (N-methyl/N-ethyl adjacent to an activating group) is 1. The number of hydrogen-bond acceptors (Lipinski definition) is 3. The van der Waals surface area contributed by atoms with E-state index >= 15 is 0 Å². The number of benzene rings is 1. The molecule has 4 nitrogen and oxygen atoms in total. The molecule has 0 aliphatic carbocycles. The van der Waals surface area contributed by atoms with E-state index < -0.39 is 0 Å². The highest BCUT2D eigenvalue weighted by molar-refractivity contribution is 5.98. The van der Waals surface area contributed by atoms with Crippen LogP contribution in [0.15, 0.2) is 18.2 Å². The number of hydrogen-bond donors (Lipinski definition) is 0. The summed E-state index contributed by atoms with van der Waals surface area (Å²) >= 11 is 0. The van der Waals surface area contributed by atoms with Crippen molar-refractivity contribution in [2.75, 3.05) is 20.2 Å². The molecule has 0 unspecified atom stereocenters. The quantitative estimate of drug-likeness (QED) is 0.766. The molecule has 0 bridgehead atoms. The Bertz CT molecular complexity index is 434. The fourth-order valence-electron chi connectivity index (χ4n) is 1.81. The highest BCUT2D eigenvalue weighted by Gasteiger charge is 2.18. The lowest BCUT2D eigenvalue weighted by Gasteiger charge is -2.18. The summed E-state index contributed by atoms with van der Waals surface area (Å²) < 4.78 is 4.83. The summed E-state index contributed by atoms with van der Waals surface area (Å²) in [5.41, 5.74) is 2.48. The van der Waals surface area contributed by atoms with Gasteiger partial charge in [-0.15, -0.1) is 0 Å². The third-order valence-corrected chi connectivity index (χ3v) is 2.71. The third-order valence-electron chi connectivity index (χ3n) is 2.71. The highest BCUT2D eigenvalue weighted by Crippen LogP contribution is 2.15. The Morgan fingerprint density at radius 3 is 2.28 bits per heavy atom. The largest absolute Gasteiger partial charge is 0.465 e. The molecular weight excluding hydrogens is 230 g/mol. The Morgan fingerprint density at radius 1 is 1.22 bits per heavy atom. The molecule has 0 fully saturated rings. The van der Waals surface area contributed by atoms with Crippen LogP contribution in [-0.4, -0.2) is 37.0 Å². The normalized spacial score (nSPS) is 10.0. The first-order valence-corrected chi connectivity index (χ1v) is 5.94. The molecular formula is C14H19NO3. The van der Waals surface area contributed by atoms with Crippen molar-refractivity contribution in [2.24, 2.45) is 0 Å². The Hall–Kier alpha value is -1.84. The molecule has 1 aromatic carbocycles. The minimum absolute atomic E-state index is 0.0273. The third kappa shape index (κ3) is 3.32. The van der Waals surface area contributed by atoms with Gasteiger partial charge in [-0.1, -0.05) is 18.2 Å². The Morgan fingerprint density at radius 2 is 1.78 bits per heavy atom. The first-order valence-electron chi connectivity index (χ1n) is 5.94. The average Bonchev–Trinajstić information content (AvgIpc) is 2.28. The maximum absolute atomic E-state index is 12.2. The molecule has 1 amide bonds. The number of aryl methyl sites for hydroxylation is 2. The van der Waals surface area contributed by atoms with E-state index in [9.17, 15) is 9.59 Å². The van der Waals surface area contributed by atoms with Gasteiger partial charge in [0.15, 0.2) is 0 Å². The van der Waals surface area contributed by atoms with Crippen LogP contribution >= 0.6 is 0 Å². The predicted molar refractivity (Wildman–Crippen MR) is 69.5 cm³/mol. The Kier molecular flexibility index (Phi) is 4.89. The number of amides is 1. The molecule has 98 valence electrons. The zero-order valence-electron chi connectivity index (χ0n) is 11.3. The summed E-state index contributed by atoms with van der Waals surface area (Å²) in [4.78, 5) is 25.0. The van der Waals surface area contributed by atoms with Crippen molar-refractivity contribution < 1.29 is 14.3 Å². The van der Waals surface area contributed by atoms with E-state index in [1.54, 1.807) is 14.0 Å². The lowest BCUT2D eigenvalue weighted by molar-refractivity contribution is -0.143. The second-order valence-corrected chi connectivity index (χ2v) is 4.23. The second kappa shape index (κ2) is 6.19. The van der Waals surface area contributed by atoms with Crippen molar-refractivity contribution in [2.45, 2.75) is 20.8 Å². The number of nitrogens with zero attached hydrogens (tertiary/aromatic N) is 1. The SMILES string of the molecule is CCOC(=O)CN(C)C(=O)c1c(C)cccc1C. The Labute approximate surface area is 108 Å². The maximum Gasteiger partial charge on any atom is 0.325 e. The van der Waals surface area contributed by atoms with Gasteiger partial charge in [-0.25, -0.2) is 0 Å². The lowest BCUT2D eigenvalue weighted by atomic mass is 10.0. The van der Waals surface area contributed by atoms with Crippen LogP contribution in [0.3, 0.4) is 0 Å². The van der Waals surface area contributed by atoms with Crippen molar-refractivity contribution in [3.63, 3.8) is 0 Å². The summed E-state index contributed by atoms with van der Waals surface area (Å²) in [6.45, 7) is 5.81. The monoisotopic (exact) mass is 249 g/mol. The summed E-state index contributed by atoms with van der Waals surface area (Å²) in [6.07, 6.45) is 0. The van der Waals surface area contributed by atoms with Crippen molar-refractivity contribution in [1.29, 1.82) is 0 Å². The molecule has 0 aromatic heterocycles. The molecule has 0 aliphatic heterocycles. The molecule has 0 heterocycles. The van der Waals surface area contributed by atoms with Crippen LogP contribution in [0.5, 0.6) is 0 Å². The lowest BCUT2D eigenvalue weighted by Crippen LogP contribution is -2.33. The van der Waals surface area contributed by atoms with E-state index in [4.69, 9.17) is 4.74 Å². The zero-order valence-corrected chi connectivity index (χ0v) is 11.3. The minimum Gasteiger partial charge on any atom is -0.465 e. The van der Waals surface area contributed by atoms with Crippen molar-refractivity contribution in [3.8, 4) is 0 Å². The van der Waals surface area contributed by atoms with Gasteiger partial charge in [-0.3, -0.25) is 9.59 Å². The fourth-order valence-corrected chi connectivity index (χ4v) is 1.81. The second-order valence-electron chi connectivity index (χ2n) is 4.23. The Balaban J connectivity index is 2.84. The molecule has 1 aromatic rings. The number of carbonyl (C=O) groups excluding carboxylic acids is 2. The predicted octanol–water partition coefficient (Wildman–Crippen LogP) is 1.94. The van der Waals surface area contributed by atoms with Gasteiger partial charge < -0.3 is 9.64 Å². The molecule has 4 heteroatoms. The van der Waals surface area contributed by atoms with E-state index in [-0.39, 0.29) is 18.4 Å². The number of ether oxygens (including phenoxy) is 1. The van der Waals surface area contributed by atoms with E-state index in [1.165, 1.54) is 4.90 Å². The molecule has 0 saturated carbocycles. The van der Waals surface area contributed by atoms with Crippen LogP contribution in [-0.2, 0) is 9.53 Å². The van der Waals surface area contributed by atoms with Crippen LogP contribution < -0.4 is 0 Å². The summed E-state index contributed by atoms with van der Waals surface area (Å²) in [5.74, 6) is -0.543. The molecule has 0 aliphatic rings. The molecule has 1 rings (SSSR count). The van der Waals surface area contributed by atoms with E-state index in [1.807, 2.05) is 32.0 Å². The summed E-state index contributed by atoms with van der Waals surface area (Å²) in [7, 11) is 1.60. The van der Waals surface area contributed by atoms with Crippen molar-refractivity contribution >= 4 is 11.9 Å². The van der Waals surface area contributed by atoms with Gasteiger partial charge in [0, 0.05) is 12.6 Å². The number of carbonyl (C=O) groups is 2. The summed E-state index contributed by atoms with van der Waals surface area (Å²) in [5, 5.41) is 0. The fraction of sp³-hybridized carbons (Fsp3) is 0.429. The van der Waals surface area contributed by atoms with Crippen LogP contribution in [0.4, 0.5) is 0 Å². The van der Waals surface area contributed by atoms with Gasteiger partial charge in [0.2, 0.25) is 0 Å². The topological polar surface area (TPSA) is 46.6 Å². The van der Waals surface area contributed by atoms with Gasteiger partial charge in [-0.05, 0) is 31.9 Å². The molecule has 0 N–H and O–H groups in total. The minimum atomic E-state index is -0.389. The average molecular weight is 249 g/mol. The highest BCUT2D eigenvalue weighted by atomic mass is 16.5. The van der Waals surface area contributed by atoms with Gasteiger partial charge in [0.25, 0.3) is 5.91 Å². The van der Waals surface area contributed by atoms with Gasteiger partial charge >= 0.3 is 5.97 Å². The van der Waals surface area contributed by atoms with Crippen LogP contribution in [0.25, 0.3) is 0 Å². The summed E-state index contributed by atoms with van der Waals surface area (Å²) in [6, 6.07) is 5.68. The first-order chi connectivity index (χ1) is 8.47. The molecule has 0 radical (unpaired) electrons. The molecule has 0 saturated heterocycles. The molecule has 0 spiro atoms. The smallest absolute Gasteiger partial charge is 0.325 e. The van der Waals surface area contributed by atoms with Gasteiger partial charge in [0.1, 0.15) is 6.54 Å². The van der Waals surface area contributed by atoms with Crippen molar-refractivity contribution in [1.82, 2.24) is 4.90 Å². The standard InChI is InChI=1S/C14H19NO3/c1-5-18-12(16)9-15(4)14(17)13-10(2)7-6-8-11(13)3/h6-8H,5,9H2,1-4H3. The number of esters is 1. The zero-order chi connectivity index (χ0) is 13.7. The van der Waals surface area contributed by atoms with E-state index in [0.29, 0.717) is 12.2 Å². The van der Waals surface area contributed by atoms with Crippen LogP contribution in [0, 0.1) is 13.8 Å². The van der Waals surface area contributed by atoms with Crippen LogP contribution in [0.2, 0.25) is 0 Å². The van der Waals surface area contributed by atoms with E-state index in [2.05, 4.69) is 0 Å². The molecule has 18 heavy (non-hydrogen) atoms. The first kappa shape index (κ1) is 14.2. The van der Waals surface area contributed by atoms with Crippen molar-refractivity contribution in [3.05, 3.63) is 34.9 Å². The van der Waals surface area contributed by atoms with E-state index in [0.717, 1.165) is 11.1 Å². The van der Waals surface area contributed by atoms with Gasteiger partial charge in [0.05, 0.1) is 6.61 Å². The molecule has 0 atom stereocenters. The maximum atomic E-state index is 12.2. The van der Waals surface area contributed by atoms with Gasteiger partial charge in [-0.2, -0.15) is 0 Å². The number of rotatable bonds is 4. The van der Waals surface area contributed by atoms with Crippen LogP contribution in [0.1, 0.15) is 28.4 Å².